The summed E-state index contributed by atoms with van der Waals surface area (Å²) in [6.07, 6.45) is 5.35. The van der Waals surface area contributed by atoms with E-state index in [0.29, 0.717) is 11.3 Å². The largest absolute Gasteiger partial charge is 0.212 e. The van der Waals surface area contributed by atoms with Crippen LogP contribution in [0.2, 0.25) is 0 Å². The molecule has 1 N–H and O–H groups in total. The van der Waals surface area contributed by atoms with E-state index >= 15 is 0 Å². The number of nitrogens with one attached hydrogen (secondary N) is 1. The third-order valence-corrected chi connectivity index (χ3v) is 7.08. The van der Waals surface area contributed by atoms with E-state index in [1.165, 1.54) is 6.42 Å². The second-order valence-corrected chi connectivity index (χ2v) is 9.16. The van der Waals surface area contributed by atoms with Crippen LogP contribution < -0.4 is 4.72 Å². The maximum Gasteiger partial charge on any atom is 0.212 e. The second kappa shape index (κ2) is 7.46. The summed E-state index contributed by atoms with van der Waals surface area (Å²) in [5, 5.41) is 0. The van der Waals surface area contributed by atoms with Gasteiger partial charge in [0.1, 0.15) is 0 Å². The first-order valence-electron chi connectivity index (χ1n) is 7.76. The molecule has 0 bridgehead atoms. The first kappa shape index (κ1) is 18.2. The predicted molar refractivity (Wildman–Crippen MR) is 86.6 cm³/mol. The van der Waals surface area contributed by atoms with Crippen LogP contribution in [0.4, 0.5) is 0 Å². The minimum Gasteiger partial charge on any atom is -0.212 e. The van der Waals surface area contributed by atoms with Gasteiger partial charge in [-0.1, -0.05) is 34.1 Å². The van der Waals surface area contributed by atoms with E-state index in [9.17, 15) is 8.42 Å². The number of rotatable bonds is 7. The van der Waals surface area contributed by atoms with Crippen LogP contribution in [0.25, 0.3) is 0 Å². The molecule has 0 aromatic rings. The van der Waals surface area contributed by atoms with Gasteiger partial charge in [-0.2, -0.15) is 0 Å². The average molecular weight is 324 g/mol. The van der Waals surface area contributed by atoms with Gasteiger partial charge in [-0.3, -0.25) is 0 Å². The van der Waals surface area contributed by atoms with Gasteiger partial charge in [-0.05, 0) is 42.9 Å². The van der Waals surface area contributed by atoms with Crippen molar-refractivity contribution in [2.24, 2.45) is 17.3 Å². The molecule has 0 radical (unpaired) electrons. The Hall–Kier alpha value is 0.200. The Labute approximate surface area is 129 Å². The highest BCUT2D eigenvalue weighted by Crippen LogP contribution is 2.40. The molecule has 0 saturated heterocycles. The molecule has 3 nitrogen and oxygen atoms in total. The smallest absolute Gasteiger partial charge is 0.212 e. The van der Waals surface area contributed by atoms with Crippen LogP contribution in [0.5, 0.6) is 0 Å². The molecule has 1 atom stereocenters. The topological polar surface area (TPSA) is 46.2 Å². The van der Waals surface area contributed by atoms with E-state index in [0.717, 1.165) is 31.6 Å². The molecule has 0 aromatic heterocycles. The van der Waals surface area contributed by atoms with Crippen molar-refractivity contribution in [3.05, 3.63) is 0 Å². The zero-order valence-electron chi connectivity index (χ0n) is 13.3. The van der Waals surface area contributed by atoms with E-state index in [2.05, 4.69) is 25.5 Å². The molecule has 0 heterocycles. The summed E-state index contributed by atoms with van der Waals surface area (Å²) < 4.78 is 26.9. The van der Waals surface area contributed by atoms with Crippen molar-refractivity contribution in [2.45, 2.75) is 65.8 Å². The monoisotopic (exact) mass is 323 g/mol. The van der Waals surface area contributed by atoms with Crippen molar-refractivity contribution in [1.29, 1.82) is 0 Å². The maximum absolute atomic E-state index is 12.0. The number of hydrogen-bond acceptors (Lipinski definition) is 2. The van der Waals surface area contributed by atoms with Gasteiger partial charge in [-0.15, -0.1) is 11.6 Å². The molecule has 120 valence electrons. The van der Waals surface area contributed by atoms with Crippen LogP contribution in [0.3, 0.4) is 0 Å². The molecule has 20 heavy (non-hydrogen) atoms. The van der Waals surface area contributed by atoms with Gasteiger partial charge >= 0.3 is 0 Å². The zero-order valence-corrected chi connectivity index (χ0v) is 14.9. The lowest BCUT2D eigenvalue weighted by Gasteiger charge is -2.39. The Morgan fingerprint density at radius 1 is 1.25 bits per heavy atom. The van der Waals surface area contributed by atoms with Crippen molar-refractivity contribution in [3.63, 3.8) is 0 Å². The Bertz CT molecular complexity index is 387. The van der Waals surface area contributed by atoms with Crippen LogP contribution in [0.1, 0.15) is 59.8 Å². The molecular weight excluding hydrogens is 294 g/mol. The fraction of sp³-hybridized carbons (Fsp3) is 1.00. The van der Waals surface area contributed by atoms with Crippen molar-refractivity contribution in [3.8, 4) is 0 Å². The Balaban J connectivity index is 2.47. The summed E-state index contributed by atoms with van der Waals surface area (Å²) in [6, 6.07) is 0.117. The molecule has 1 aliphatic carbocycles. The number of hydrogen-bond donors (Lipinski definition) is 1. The zero-order chi connectivity index (χ0) is 15.4. The molecule has 1 fully saturated rings. The molecule has 1 unspecified atom stereocenters. The summed E-state index contributed by atoms with van der Waals surface area (Å²) in [6.45, 7) is 8.75. The van der Waals surface area contributed by atoms with Gasteiger partial charge < -0.3 is 0 Å². The normalized spacial score (nSPS) is 26.4. The molecule has 0 aliphatic heterocycles. The van der Waals surface area contributed by atoms with E-state index in [1.54, 1.807) is 0 Å². The van der Waals surface area contributed by atoms with Gasteiger partial charge in [0.05, 0.1) is 5.75 Å². The van der Waals surface area contributed by atoms with Gasteiger partial charge in [0.25, 0.3) is 0 Å². The third kappa shape index (κ3) is 5.53. The molecular formula is C15H30ClNO2S. The molecule has 0 spiro atoms. The van der Waals surface area contributed by atoms with Gasteiger partial charge in [-0.25, -0.2) is 13.1 Å². The molecule has 5 heteroatoms. The lowest BCUT2D eigenvalue weighted by Crippen LogP contribution is -2.41. The molecule has 1 saturated carbocycles. The standard InChI is InChI=1S/C15H30ClNO2S/c1-5-15(3,4)13-6-8-14(9-7-13)17-20(18,19)11-12(2)10-16/h12-14,17H,5-11H2,1-4H3. The van der Waals surface area contributed by atoms with Gasteiger partial charge in [0.15, 0.2) is 0 Å². The SMILES string of the molecule is CCC(C)(C)C1CCC(NS(=O)(=O)CC(C)CCl)CC1. The summed E-state index contributed by atoms with van der Waals surface area (Å²) in [7, 11) is -3.19. The first-order valence-corrected chi connectivity index (χ1v) is 9.95. The van der Waals surface area contributed by atoms with Crippen LogP contribution in [0, 0.1) is 17.3 Å². The van der Waals surface area contributed by atoms with E-state index in [-0.39, 0.29) is 17.7 Å². The summed E-state index contributed by atoms with van der Waals surface area (Å²) >= 11 is 5.69. The Kier molecular flexibility index (Phi) is 6.81. The highest BCUT2D eigenvalue weighted by molar-refractivity contribution is 7.89. The second-order valence-electron chi connectivity index (χ2n) is 7.05. The number of sulfonamides is 1. The first-order chi connectivity index (χ1) is 9.20. The molecule has 0 amide bonds. The van der Waals surface area contributed by atoms with Crippen LogP contribution >= 0.6 is 11.6 Å². The summed E-state index contributed by atoms with van der Waals surface area (Å²) in [4.78, 5) is 0. The molecule has 1 rings (SSSR count). The lowest BCUT2D eigenvalue weighted by molar-refractivity contribution is 0.142. The van der Waals surface area contributed by atoms with Crippen molar-refractivity contribution < 1.29 is 8.42 Å². The van der Waals surface area contributed by atoms with Gasteiger partial charge in [0.2, 0.25) is 10.0 Å². The van der Waals surface area contributed by atoms with Crippen LogP contribution in [-0.2, 0) is 10.0 Å². The predicted octanol–water partition coefficient (Wildman–Crippen LogP) is 3.78. The fourth-order valence-corrected chi connectivity index (χ4v) is 4.95. The maximum atomic E-state index is 12.0. The third-order valence-electron chi connectivity index (χ3n) is 4.86. The summed E-state index contributed by atoms with van der Waals surface area (Å²) in [5.74, 6) is 1.24. The molecule has 1 aliphatic rings. The fourth-order valence-electron chi connectivity index (χ4n) is 3.00. The van der Waals surface area contributed by atoms with Crippen molar-refractivity contribution >= 4 is 21.6 Å². The minimum absolute atomic E-state index is 0.00419. The van der Waals surface area contributed by atoms with E-state index in [1.807, 2.05) is 6.92 Å². The lowest BCUT2D eigenvalue weighted by atomic mass is 9.69. The quantitative estimate of drug-likeness (QED) is 0.725. The highest BCUT2D eigenvalue weighted by atomic mass is 35.5. The van der Waals surface area contributed by atoms with E-state index < -0.39 is 10.0 Å². The van der Waals surface area contributed by atoms with Crippen LogP contribution in [0.15, 0.2) is 0 Å². The van der Waals surface area contributed by atoms with Gasteiger partial charge in [0, 0.05) is 11.9 Å². The number of halogens is 1. The van der Waals surface area contributed by atoms with E-state index in [4.69, 9.17) is 11.6 Å². The Morgan fingerprint density at radius 3 is 2.25 bits per heavy atom. The van der Waals surface area contributed by atoms with Crippen LogP contribution in [-0.4, -0.2) is 26.1 Å². The van der Waals surface area contributed by atoms with Crippen molar-refractivity contribution in [1.82, 2.24) is 4.72 Å². The molecule has 0 aromatic carbocycles. The number of alkyl halides is 1. The Morgan fingerprint density at radius 2 is 1.80 bits per heavy atom. The average Bonchev–Trinajstić information content (AvgIpc) is 2.38. The summed E-state index contributed by atoms with van der Waals surface area (Å²) in [5.41, 5.74) is 0.372. The minimum atomic E-state index is -3.19. The van der Waals surface area contributed by atoms with Crippen molar-refractivity contribution in [2.75, 3.05) is 11.6 Å². The highest BCUT2D eigenvalue weighted by Gasteiger charge is 2.33.